The van der Waals surface area contributed by atoms with Gasteiger partial charge in [-0.2, -0.15) is 11.3 Å². The van der Waals surface area contributed by atoms with Gasteiger partial charge in [-0.15, -0.1) is 11.3 Å². The summed E-state index contributed by atoms with van der Waals surface area (Å²) in [4.78, 5) is 8.94. The van der Waals surface area contributed by atoms with Gasteiger partial charge in [0, 0.05) is 41.5 Å². The van der Waals surface area contributed by atoms with Gasteiger partial charge in [0.1, 0.15) is 5.01 Å². The lowest BCUT2D eigenvalue weighted by atomic mass is 10.4. The number of hydrogen-bond donors (Lipinski definition) is 0. The third-order valence-electron chi connectivity index (χ3n) is 2.45. The van der Waals surface area contributed by atoms with E-state index in [4.69, 9.17) is 0 Å². The number of imidazole rings is 1. The normalized spacial score (nSPS) is 10.9. The fourth-order valence-electron chi connectivity index (χ4n) is 1.52. The van der Waals surface area contributed by atoms with Gasteiger partial charge in [0.2, 0.25) is 0 Å². The van der Waals surface area contributed by atoms with E-state index in [9.17, 15) is 0 Å². The largest absolute Gasteiger partial charge is 0.329 e. The van der Waals surface area contributed by atoms with Gasteiger partial charge in [0.15, 0.2) is 5.16 Å². The van der Waals surface area contributed by atoms with E-state index in [1.807, 2.05) is 24.0 Å². The van der Waals surface area contributed by atoms with E-state index in [0.29, 0.717) is 0 Å². The van der Waals surface area contributed by atoms with Crippen molar-refractivity contribution in [3.05, 3.63) is 40.3 Å². The van der Waals surface area contributed by atoms with Gasteiger partial charge >= 0.3 is 0 Å². The molecule has 3 nitrogen and oxygen atoms in total. The number of thioether (sulfide) groups is 1. The highest BCUT2D eigenvalue weighted by Gasteiger charge is 2.07. The molecule has 3 rings (SSSR count). The maximum absolute atomic E-state index is 4.65. The molecule has 0 aliphatic rings. The summed E-state index contributed by atoms with van der Waals surface area (Å²) in [6.45, 7) is 0. The van der Waals surface area contributed by atoms with Gasteiger partial charge in [-0.05, 0) is 11.4 Å². The zero-order valence-electron chi connectivity index (χ0n) is 9.74. The minimum Gasteiger partial charge on any atom is -0.329 e. The molecule has 6 heteroatoms. The first-order valence-corrected chi connectivity index (χ1v) is 8.21. The van der Waals surface area contributed by atoms with Crippen molar-refractivity contribution in [1.82, 2.24) is 14.5 Å². The Morgan fingerprint density at radius 2 is 2.33 bits per heavy atom. The third-order valence-corrected chi connectivity index (χ3v) is 5.16. The lowest BCUT2D eigenvalue weighted by Gasteiger charge is -1.98. The highest BCUT2D eigenvalue weighted by molar-refractivity contribution is 7.98. The van der Waals surface area contributed by atoms with Crippen molar-refractivity contribution in [2.24, 2.45) is 7.05 Å². The molecule has 0 aliphatic heterocycles. The molecule has 0 radical (unpaired) electrons. The first kappa shape index (κ1) is 12.0. The van der Waals surface area contributed by atoms with E-state index >= 15 is 0 Å². The minimum atomic E-state index is 0.867. The number of hydrogen-bond acceptors (Lipinski definition) is 5. The summed E-state index contributed by atoms with van der Waals surface area (Å²) >= 11 is 5.12. The maximum atomic E-state index is 4.65. The Morgan fingerprint density at radius 1 is 1.39 bits per heavy atom. The number of thiazole rings is 1. The average molecular weight is 293 g/mol. The van der Waals surface area contributed by atoms with Crippen molar-refractivity contribution < 1.29 is 0 Å². The molecule has 3 heterocycles. The Hall–Kier alpha value is -1.11. The summed E-state index contributed by atoms with van der Waals surface area (Å²) in [5, 5.41) is 8.48. The van der Waals surface area contributed by atoms with Crippen LogP contribution in [0.2, 0.25) is 0 Å². The predicted molar refractivity (Wildman–Crippen MR) is 78.2 cm³/mol. The Kier molecular flexibility index (Phi) is 3.49. The smallest absolute Gasteiger partial charge is 0.168 e. The summed E-state index contributed by atoms with van der Waals surface area (Å²) < 4.78 is 2.02. The number of thiophene rings is 1. The molecular formula is C12H11N3S3. The average Bonchev–Trinajstić information content (AvgIpc) is 3.08. The predicted octanol–water partition coefficient (Wildman–Crippen LogP) is 3.90. The molecule has 3 aromatic rings. The van der Waals surface area contributed by atoms with Crippen molar-refractivity contribution >= 4 is 34.4 Å². The standard InChI is InChI=1S/C12H11N3S3/c1-15-4-3-13-12(15)18-8-10-7-17-11(14-10)9-2-5-16-6-9/h2-7H,8H2,1H3. The summed E-state index contributed by atoms with van der Waals surface area (Å²) in [5.41, 5.74) is 2.34. The SMILES string of the molecule is Cn1ccnc1SCc1csc(-c2ccsc2)n1. The molecule has 0 amide bonds. The van der Waals surface area contributed by atoms with Crippen molar-refractivity contribution in [3.8, 4) is 10.6 Å². The fourth-order valence-corrected chi connectivity index (χ4v) is 3.98. The van der Waals surface area contributed by atoms with Crippen LogP contribution in [-0.2, 0) is 12.8 Å². The molecule has 0 aliphatic carbocycles. The van der Waals surface area contributed by atoms with Crippen LogP contribution in [0.3, 0.4) is 0 Å². The second-order valence-corrected chi connectivity index (χ2v) is 6.35. The van der Waals surface area contributed by atoms with Gasteiger partial charge in [0.05, 0.1) is 5.69 Å². The van der Waals surface area contributed by atoms with E-state index < -0.39 is 0 Å². The molecule has 0 unspecified atom stereocenters. The summed E-state index contributed by atoms with van der Waals surface area (Å²) in [6.07, 6.45) is 3.78. The quantitative estimate of drug-likeness (QED) is 0.684. The lowest BCUT2D eigenvalue weighted by molar-refractivity contribution is 0.789. The van der Waals surface area contributed by atoms with E-state index in [2.05, 4.69) is 32.2 Å². The third kappa shape index (κ3) is 2.50. The monoisotopic (exact) mass is 293 g/mol. The van der Waals surface area contributed by atoms with Crippen LogP contribution in [-0.4, -0.2) is 14.5 Å². The lowest BCUT2D eigenvalue weighted by Crippen LogP contribution is -1.89. The van der Waals surface area contributed by atoms with Gasteiger partial charge in [-0.1, -0.05) is 11.8 Å². The molecule has 3 aromatic heterocycles. The fraction of sp³-hybridized carbons (Fsp3) is 0.167. The summed E-state index contributed by atoms with van der Waals surface area (Å²) in [6, 6.07) is 2.11. The molecular weight excluding hydrogens is 282 g/mol. The first-order chi connectivity index (χ1) is 8.83. The number of nitrogens with zero attached hydrogens (tertiary/aromatic N) is 3. The molecule has 92 valence electrons. The zero-order valence-corrected chi connectivity index (χ0v) is 12.2. The van der Waals surface area contributed by atoms with Crippen LogP contribution >= 0.6 is 34.4 Å². The van der Waals surface area contributed by atoms with E-state index in [-0.39, 0.29) is 0 Å². The first-order valence-electron chi connectivity index (χ1n) is 5.40. The molecule has 0 saturated heterocycles. The molecule has 18 heavy (non-hydrogen) atoms. The van der Waals surface area contributed by atoms with Crippen molar-refractivity contribution in [2.45, 2.75) is 10.9 Å². The van der Waals surface area contributed by atoms with E-state index in [1.165, 1.54) is 5.56 Å². The second-order valence-electron chi connectivity index (χ2n) is 3.77. The molecule has 0 fully saturated rings. The highest BCUT2D eigenvalue weighted by Crippen LogP contribution is 2.28. The van der Waals surface area contributed by atoms with Crippen molar-refractivity contribution in [2.75, 3.05) is 0 Å². The molecule has 0 bridgehead atoms. The Morgan fingerprint density at radius 3 is 3.06 bits per heavy atom. The highest BCUT2D eigenvalue weighted by atomic mass is 32.2. The van der Waals surface area contributed by atoms with Crippen LogP contribution in [0.1, 0.15) is 5.69 Å². The zero-order chi connectivity index (χ0) is 12.4. The van der Waals surface area contributed by atoms with Crippen LogP contribution in [0.5, 0.6) is 0 Å². The Bertz CT molecular complexity index is 625. The van der Waals surface area contributed by atoms with Crippen LogP contribution in [0, 0.1) is 0 Å². The second kappa shape index (κ2) is 5.26. The molecule has 0 saturated carbocycles. The van der Waals surface area contributed by atoms with Crippen LogP contribution < -0.4 is 0 Å². The van der Waals surface area contributed by atoms with Gasteiger partial charge in [0.25, 0.3) is 0 Å². The molecule has 0 atom stereocenters. The van der Waals surface area contributed by atoms with Crippen molar-refractivity contribution in [3.63, 3.8) is 0 Å². The Labute approximate surface area is 118 Å². The minimum absolute atomic E-state index is 0.867. The Balaban J connectivity index is 1.69. The molecule has 0 aromatic carbocycles. The summed E-state index contributed by atoms with van der Waals surface area (Å²) in [5.74, 6) is 0.867. The van der Waals surface area contributed by atoms with Gasteiger partial charge in [-0.25, -0.2) is 9.97 Å². The van der Waals surface area contributed by atoms with Crippen molar-refractivity contribution in [1.29, 1.82) is 0 Å². The summed E-state index contributed by atoms with van der Waals surface area (Å²) in [7, 11) is 2.01. The van der Waals surface area contributed by atoms with E-state index in [0.717, 1.165) is 21.6 Å². The number of rotatable bonds is 4. The van der Waals surface area contributed by atoms with Gasteiger partial charge < -0.3 is 4.57 Å². The van der Waals surface area contributed by atoms with Gasteiger partial charge in [-0.3, -0.25) is 0 Å². The topological polar surface area (TPSA) is 30.7 Å². The number of aromatic nitrogens is 3. The van der Waals surface area contributed by atoms with E-state index in [1.54, 1.807) is 34.4 Å². The van der Waals surface area contributed by atoms with Crippen LogP contribution in [0.15, 0.2) is 39.8 Å². The maximum Gasteiger partial charge on any atom is 0.168 e. The van der Waals surface area contributed by atoms with Crippen LogP contribution in [0.25, 0.3) is 10.6 Å². The number of aryl methyl sites for hydroxylation is 1. The molecule has 0 spiro atoms. The van der Waals surface area contributed by atoms with Crippen LogP contribution in [0.4, 0.5) is 0 Å². The molecule has 0 N–H and O–H groups in total.